The monoisotopic (exact) mass is 419 g/mol. The Kier molecular flexibility index (Phi) is 3.91. The highest BCUT2D eigenvalue weighted by atomic mass is 79.9. The van der Waals surface area contributed by atoms with Crippen LogP contribution in [0.5, 0.6) is 5.75 Å². The molecule has 8 nitrogen and oxygen atoms in total. The van der Waals surface area contributed by atoms with Crippen LogP contribution in [0, 0.1) is 33.8 Å². The number of nitro groups is 1. The van der Waals surface area contributed by atoms with E-state index in [0.717, 1.165) is 30.1 Å². The van der Waals surface area contributed by atoms with Crippen LogP contribution in [0.15, 0.2) is 33.9 Å². The average Bonchev–Trinajstić information content (AvgIpc) is 2.89. The number of benzene rings is 1. The maximum atomic E-state index is 12.7. The number of hydrogen-bond acceptors (Lipinski definition) is 6. The molecular weight excluding hydrogens is 406 g/mol. The minimum atomic E-state index is -0.721. The van der Waals surface area contributed by atoms with E-state index in [1.54, 1.807) is 0 Å². The molecule has 5 rings (SSSR count). The molecule has 3 aliphatic carbocycles. The van der Waals surface area contributed by atoms with E-state index in [1.807, 2.05) is 12.2 Å². The maximum Gasteiger partial charge on any atom is 0.312 e. The third-order valence-corrected chi connectivity index (χ3v) is 5.79. The van der Waals surface area contributed by atoms with Crippen molar-refractivity contribution in [2.24, 2.45) is 28.8 Å². The number of phenols is 1. The lowest BCUT2D eigenvalue weighted by Gasteiger charge is -2.37. The molecule has 0 spiro atoms. The number of carbonyl (C=O) groups is 2. The summed E-state index contributed by atoms with van der Waals surface area (Å²) in [5, 5.41) is 25.8. The van der Waals surface area contributed by atoms with E-state index >= 15 is 0 Å². The zero-order valence-electron chi connectivity index (χ0n) is 13.4. The number of rotatable bonds is 3. The normalized spacial score (nSPS) is 29.7. The molecule has 2 fully saturated rings. The van der Waals surface area contributed by atoms with Crippen molar-refractivity contribution >= 4 is 39.6 Å². The van der Waals surface area contributed by atoms with Gasteiger partial charge in [-0.2, -0.15) is 10.1 Å². The van der Waals surface area contributed by atoms with Crippen LogP contribution < -0.4 is 0 Å². The molecule has 2 amide bonds. The third kappa shape index (κ3) is 2.45. The van der Waals surface area contributed by atoms with Gasteiger partial charge in [0, 0.05) is 16.1 Å². The molecule has 1 saturated heterocycles. The first kappa shape index (κ1) is 16.9. The van der Waals surface area contributed by atoms with Gasteiger partial charge >= 0.3 is 5.69 Å². The highest BCUT2D eigenvalue weighted by molar-refractivity contribution is 9.10. The Morgan fingerprint density at radius 1 is 1.19 bits per heavy atom. The average molecular weight is 420 g/mol. The first-order valence-electron chi connectivity index (χ1n) is 8.15. The second-order valence-corrected chi connectivity index (χ2v) is 7.61. The van der Waals surface area contributed by atoms with Crippen molar-refractivity contribution in [2.45, 2.75) is 12.8 Å². The van der Waals surface area contributed by atoms with Gasteiger partial charge in [0.2, 0.25) is 5.75 Å². The van der Waals surface area contributed by atoms with Crippen molar-refractivity contribution in [3.8, 4) is 5.75 Å². The van der Waals surface area contributed by atoms with Gasteiger partial charge in [-0.25, -0.2) is 0 Å². The predicted octanol–water partition coefficient (Wildman–Crippen LogP) is 2.59. The van der Waals surface area contributed by atoms with E-state index in [0.29, 0.717) is 4.47 Å². The SMILES string of the molecule is O=C1[C@H]2[C@H](C(=O)N1/N=C\c1cc(Br)cc([N+](=O)[O-])c1O)[C@H]1C=C[C@H]2CC1. The van der Waals surface area contributed by atoms with Crippen LogP contribution in [0.2, 0.25) is 0 Å². The fraction of sp³-hybridized carbons (Fsp3) is 0.353. The molecule has 4 atom stereocenters. The number of fused-ring (bicyclic) bond motifs is 1. The van der Waals surface area contributed by atoms with Gasteiger partial charge in [0.1, 0.15) is 0 Å². The number of imide groups is 1. The minimum absolute atomic E-state index is 0.0441. The molecule has 0 radical (unpaired) electrons. The lowest BCUT2D eigenvalue weighted by molar-refractivity contribution is -0.385. The molecule has 0 unspecified atom stereocenters. The third-order valence-electron chi connectivity index (χ3n) is 5.33. The summed E-state index contributed by atoms with van der Waals surface area (Å²) in [6.07, 6.45) is 6.90. The van der Waals surface area contributed by atoms with E-state index in [-0.39, 0.29) is 41.0 Å². The number of hydrogen-bond donors (Lipinski definition) is 1. The Hall–Kier alpha value is -2.55. The Morgan fingerprint density at radius 3 is 2.27 bits per heavy atom. The molecule has 0 aromatic heterocycles. The van der Waals surface area contributed by atoms with Gasteiger partial charge in [-0.15, -0.1) is 0 Å². The van der Waals surface area contributed by atoms with E-state index in [4.69, 9.17) is 0 Å². The molecule has 2 bridgehead atoms. The first-order chi connectivity index (χ1) is 12.4. The highest BCUT2D eigenvalue weighted by Gasteiger charge is 2.56. The summed E-state index contributed by atoms with van der Waals surface area (Å²) in [5.74, 6) is -1.91. The van der Waals surface area contributed by atoms with Crippen molar-refractivity contribution < 1.29 is 19.6 Å². The number of phenolic OH excluding ortho intramolecular Hbond substituents is 1. The molecule has 1 aliphatic heterocycles. The summed E-state index contributed by atoms with van der Waals surface area (Å²) in [4.78, 5) is 35.6. The Balaban J connectivity index is 1.65. The van der Waals surface area contributed by atoms with Crippen molar-refractivity contribution in [3.63, 3.8) is 0 Å². The first-order valence-corrected chi connectivity index (χ1v) is 8.95. The zero-order chi connectivity index (χ0) is 18.6. The summed E-state index contributed by atoms with van der Waals surface area (Å²) in [6.45, 7) is 0. The van der Waals surface area contributed by atoms with Crippen LogP contribution >= 0.6 is 15.9 Å². The Labute approximate surface area is 156 Å². The second kappa shape index (κ2) is 6.01. The van der Waals surface area contributed by atoms with E-state index in [9.17, 15) is 24.8 Å². The van der Waals surface area contributed by atoms with E-state index < -0.39 is 16.4 Å². The molecule has 1 saturated carbocycles. The van der Waals surface area contributed by atoms with Crippen molar-refractivity contribution in [1.29, 1.82) is 0 Å². The van der Waals surface area contributed by atoms with Crippen LogP contribution in [0.3, 0.4) is 0 Å². The van der Waals surface area contributed by atoms with Crippen LogP contribution in [0.4, 0.5) is 5.69 Å². The number of nitro benzene ring substituents is 1. The van der Waals surface area contributed by atoms with E-state index in [1.165, 1.54) is 6.07 Å². The number of halogens is 1. The Bertz CT molecular complexity index is 865. The van der Waals surface area contributed by atoms with Crippen molar-refractivity contribution in [2.75, 3.05) is 0 Å². The summed E-state index contributed by atoms with van der Waals surface area (Å²) in [7, 11) is 0. The van der Waals surface area contributed by atoms with Crippen molar-refractivity contribution in [1.82, 2.24) is 5.01 Å². The van der Waals surface area contributed by atoms with Gasteiger partial charge in [-0.05, 0) is 30.7 Å². The number of allylic oxidation sites excluding steroid dienone is 2. The standard InChI is InChI=1S/C17H14BrN3O5/c18-11-5-10(15(22)12(6-11)21(25)26)7-19-20-16(23)13-8-1-2-9(4-3-8)14(13)17(20)24/h1-2,5-9,13-14,22H,3-4H2/b19-7-/t8-,9-,13+,14+/m0/s1. The van der Waals surface area contributed by atoms with Gasteiger partial charge < -0.3 is 5.11 Å². The molecule has 4 aliphatic rings. The van der Waals surface area contributed by atoms with Crippen molar-refractivity contribution in [3.05, 3.63) is 44.4 Å². The lowest BCUT2D eigenvalue weighted by Crippen LogP contribution is -2.38. The molecule has 1 heterocycles. The zero-order valence-corrected chi connectivity index (χ0v) is 15.0. The smallest absolute Gasteiger partial charge is 0.312 e. The van der Waals surface area contributed by atoms with Crippen LogP contribution in [-0.2, 0) is 9.59 Å². The number of hydrazone groups is 1. The predicted molar refractivity (Wildman–Crippen MR) is 94.2 cm³/mol. The van der Waals surface area contributed by atoms with E-state index in [2.05, 4.69) is 21.0 Å². The summed E-state index contributed by atoms with van der Waals surface area (Å²) < 4.78 is 0.374. The number of nitrogens with zero attached hydrogens (tertiary/aromatic N) is 3. The number of amides is 2. The molecule has 134 valence electrons. The fourth-order valence-corrected chi connectivity index (χ4v) is 4.60. The number of carbonyl (C=O) groups excluding carboxylic acids is 2. The summed E-state index contributed by atoms with van der Waals surface area (Å²) in [5.41, 5.74) is -0.446. The molecular formula is C17H14BrN3O5. The quantitative estimate of drug-likeness (QED) is 0.266. The molecule has 1 aromatic carbocycles. The van der Waals surface area contributed by atoms with Crippen LogP contribution in [-0.4, -0.2) is 33.1 Å². The maximum absolute atomic E-state index is 12.7. The second-order valence-electron chi connectivity index (χ2n) is 6.69. The molecule has 9 heteroatoms. The Morgan fingerprint density at radius 2 is 1.77 bits per heavy atom. The minimum Gasteiger partial charge on any atom is -0.502 e. The lowest BCUT2D eigenvalue weighted by atomic mass is 9.63. The highest BCUT2D eigenvalue weighted by Crippen LogP contribution is 2.49. The van der Waals surface area contributed by atoms with Gasteiger partial charge in [-0.3, -0.25) is 19.7 Å². The summed E-state index contributed by atoms with van der Waals surface area (Å²) in [6, 6.07) is 2.59. The van der Waals surface area contributed by atoms with Crippen LogP contribution in [0.1, 0.15) is 18.4 Å². The molecule has 26 heavy (non-hydrogen) atoms. The van der Waals surface area contributed by atoms with Crippen LogP contribution in [0.25, 0.3) is 0 Å². The fourth-order valence-electron chi connectivity index (χ4n) is 4.14. The van der Waals surface area contributed by atoms with Gasteiger partial charge in [0.15, 0.2) is 0 Å². The molecule has 1 aromatic rings. The molecule has 1 N–H and O–H groups in total. The topological polar surface area (TPSA) is 113 Å². The van der Waals surface area contributed by atoms with Gasteiger partial charge in [0.05, 0.1) is 23.0 Å². The summed E-state index contributed by atoms with van der Waals surface area (Å²) >= 11 is 3.13. The van der Waals surface area contributed by atoms with Gasteiger partial charge in [0.25, 0.3) is 11.8 Å². The largest absolute Gasteiger partial charge is 0.502 e. The number of aromatic hydroxyl groups is 1. The van der Waals surface area contributed by atoms with Gasteiger partial charge in [-0.1, -0.05) is 28.1 Å².